The topological polar surface area (TPSA) is 45.3 Å². The van der Waals surface area contributed by atoms with Crippen LogP contribution in [0.4, 0.5) is 0 Å². The summed E-state index contributed by atoms with van der Waals surface area (Å²) in [5, 5.41) is 4.34. The lowest BCUT2D eigenvalue weighted by Crippen LogP contribution is -2.50. The number of fused-ring (bicyclic) bond motifs is 1. The summed E-state index contributed by atoms with van der Waals surface area (Å²) in [7, 11) is 0. The zero-order chi connectivity index (χ0) is 20.3. The van der Waals surface area contributed by atoms with E-state index in [-0.39, 0.29) is 11.9 Å². The van der Waals surface area contributed by atoms with Gasteiger partial charge >= 0.3 is 0 Å². The molecule has 1 aromatic carbocycles. The van der Waals surface area contributed by atoms with Crippen LogP contribution < -0.4 is 9.47 Å². The molecule has 1 unspecified atom stereocenters. The summed E-state index contributed by atoms with van der Waals surface area (Å²) in [6.07, 6.45) is 2.17. The van der Waals surface area contributed by atoms with E-state index in [1.807, 2.05) is 17.0 Å². The van der Waals surface area contributed by atoms with Gasteiger partial charge in [-0.1, -0.05) is 12.1 Å². The van der Waals surface area contributed by atoms with E-state index in [1.165, 1.54) is 5.56 Å². The van der Waals surface area contributed by atoms with Crippen LogP contribution in [-0.4, -0.2) is 73.1 Å². The average Bonchev–Trinajstić information content (AvgIpc) is 3.46. The monoisotopic (exact) mass is 427 g/mol. The van der Waals surface area contributed by atoms with Crippen molar-refractivity contribution in [2.45, 2.75) is 25.4 Å². The summed E-state index contributed by atoms with van der Waals surface area (Å²) in [5.74, 6) is 1.95. The van der Waals surface area contributed by atoms with Gasteiger partial charge in [0.2, 0.25) is 5.91 Å². The number of piperazine rings is 1. The Kier molecular flexibility index (Phi) is 5.93. The number of nitrogens with zero attached hydrogens (tertiary/aromatic N) is 3. The van der Waals surface area contributed by atoms with Crippen molar-refractivity contribution in [1.82, 2.24) is 14.7 Å². The highest BCUT2D eigenvalue weighted by Gasteiger charge is 2.33. The maximum atomic E-state index is 13.1. The largest absolute Gasteiger partial charge is 0.486 e. The number of amides is 1. The van der Waals surface area contributed by atoms with E-state index in [4.69, 9.17) is 9.47 Å². The third kappa shape index (κ3) is 4.19. The van der Waals surface area contributed by atoms with Gasteiger partial charge in [-0.2, -0.15) is 11.3 Å². The lowest BCUT2D eigenvalue weighted by molar-refractivity contribution is -0.134. The lowest BCUT2D eigenvalue weighted by atomic mass is 10.0. The zero-order valence-corrected chi connectivity index (χ0v) is 18.1. The van der Waals surface area contributed by atoms with E-state index in [1.54, 1.807) is 11.3 Å². The molecule has 1 aromatic heterocycles. The molecule has 3 aliphatic rings. The predicted octanol–water partition coefficient (Wildman–Crippen LogP) is 3.00. The summed E-state index contributed by atoms with van der Waals surface area (Å²) in [6.45, 7) is 7.15. The SMILES string of the molecule is O=C(CN1CCCC1c1cccc2c1OCCO2)N1CCN(Cc2ccsc2)CC1. The highest BCUT2D eigenvalue weighted by molar-refractivity contribution is 7.07. The van der Waals surface area contributed by atoms with Crippen LogP contribution in [-0.2, 0) is 11.3 Å². The first-order valence-corrected chi connectivity index (χ1v) is 11.9. The maximum absolute atomic E-state index is 13.1. The summed E-state index contributed by atoms with van der Waals surface area (Å²) in [5.41, 5.74) is 2.54. The van der Waals surface area contributed by atoms with Gasteiger partial charge < -0.3 is 14.4 Å². The van der Waals surface area contributed by atoms with Crippen molar-refractivity contribution in [3.63, 3.8) is 0 Å². The molecule has 0 aliphatic carbocycles. The van der Waals surface area contributed by atoms with Gasteiger partial charge in [0.1, 0.15) is 13.2 Å². The molecule has 2 aromatic rings. The average molecular weight is 428 g/mol. The van der Waals surface area contributed by atoms with E-state index in [0.717, 1.165) is 69.2 Å². The molecule has 6 nitrogen and oxygen atoms in total. The number of thiophene rings is 1. The van der Waals surface area contributed by atoms with E-state index in [0.29, 0.717) is 19.8 Å². The summed E-state index contributed by atoms with van der Waals surface area (Å²) < 4.78 is 11.7. The Hall–Kier alpha value is -2.09. The van der Waals surface area contributed by atoms with E-state index in [9.17, 15) is 4.79 Å². The Morgan fingerprint density at radius 3 is 2.77 bits per heavy atom. The van der Waals surface area contributed by atoms with Crippen LogP contribution in [0.3, 0.4) is 0 Å². The van der Waals surface area contributed by atoms with Crippen molar-refractivity contribution in [3.05, 3.63) is 46.2 Å². The minimum atomic E-state index is 0.227. The molecule has 30 heavy (non-hydrogen) atoms. The second-order valence-corrected chi connectivity index (χ2v) is 9.07. The van der Waals surface area contributed by atoms with Crippen LogP contribution in [0, 0.1) is 0 Å². The molecule has 1 atom stereocenters. The van der Waals surface area contributed by atoms with Gasteiger partial charge in [0.05, 0.1) is 6.54 Å². The van der Waals surface area contributed by atoms with Gasteiger partial charge in [0.25, 0.3) is 0 Å². The minimum Gasteiger partial charge on any atom is -0.486 e. The Balaban J connectivity index is 1.19. The molecule has 0 N–H and O–H groups in total. The zero-order valence-electron chi connectivity index (χ0n) is 17.3. The maximum Gasteiger partial charge on any atom is 0.236 e. The van der Waals surface area contributed by atoms with E-state index < -0.39 is 0 Å². The quantitative estimate of drug-likeness (QED) is 0.734. The number of para-hydroxylation sites is 1. The van der Waals surface area contributed by atoms with Gasteiger partial charge in [0.15, 0.2) is 11.5 Å². The summed E-state index contributed by atoms with van der Waals surface area (Å²) in [4.78, 5) is 19.9. The molecule has 7 heteroatoms. The van der Waals surface area contributed by atoms with Crippen LogP contribution in [0.2, 0.25) is 0 Å². The van der Waals surface area contributed by atoms with Crippen LogP contribution in [0.5, 0.6) is 11.5 Å². The summed E-state index contributed by atoms with van der Waals surface area (Å²) in [6, 6.07) is 8.55. The number of hydrogen-bond donors (Lipinski definition) is 0. The van der Waals surface area contributed by atoms with Gasteiger partial charge in [-0.3, -0.25) is 14.6 Å². The van der Waals surface area contributed by atoms with E-state index >= 15 is 0 Å². The molecule has 0 radical (unpaired) electrons. The Labute approximate surface area is 182 Å². The van der Waals surface area contributed by atoms with E-state index in [2.05, 4.69) is 32.7 Å². The Morgan fingerprint density at radius 2 is 1.93 bits per heavy atom. The molecule has 0 bridgehead atoms. The highest BCUT2D eigenvalue weighted by atomic mass is 32.1. The first kappa shape index (κ1) is 19.8. The smallest absolute Gasteiger partial charge is 0.236 e. The van der Waals surface area contributed by atoms with Gasteiger partial charge in [-0.15, -0.1) is 0 Å². The predicted molar refractivity (Wildman–Crippen MR) is 117 cm³/mol. The third-order valence-corrected chi connectivity index (χ3v) is 7.10. The first-order chi connectivity index (χ1) is 14.8. The van der Waals surface area contributed by atoms with Gasteiger partial charge in [0, 0.05) is 44.3 Å². The Morgan fingerprint density at radius 1 is 1.07 bits per heavy atom. The molecule has 5 rings (SSSR count). The van der Waals surface area contributed by atoms with Crippen molar-refractivity contribution >= 4 is 17.2 Å². The molecule has 3 aliphatic heterocycles. The molecular formula is C23H29N3O3S. The first-order valence-electron chi connectivity index (χ1n) is 10.9. The fraction of sp³-hybridized carbons (Fsp3) is 0.522. The van der Waals surface area contributed by atoms with Crippen molar-refractivity contribution in [2.24, 2.45) is 0 Å². The van der Waals surface area contributed by atoms with Crippen molar-refractivity contribution in [3.8, 4) is 11.5 Å². The van der Waals surface area contributed by atoms with Crippen molar-refractivity contribution in [2.75, 3.05) is 52.5 Å². The fourth-order valence-corrected chi connectivity index (χ4v) is 5.46. The lowest BCUT2D eigenvalue weighted by Gasteiger charge is -2.36. The molecule has 0 spiro atoms. The second-order valence-electron chi connectivity index (χ2n) is 8.29. The molecule has 1 amide bonds. The molecule has 2 saturated heterocycles. The molecule has 160 valence electrons. The van der Waals surface area contributed by atoms with Crippen LogP contribution >= 0.6 is 11.3 Å². The number of carbonyl (C=O) groups excluding carboxylic acids is 1. The second kappa shape index (κ2) is 8.96. The van der Waals surface area contributed by atoms with Crippen LogP contribution in [0.1, 0.15) is 30.0 Å². The van der Waals surface area contributed by atoms with Gasteiger partial charge in [-0.25, -0.2) is 0 Å². The van der Waals surface area contributed by atoms with Crippen LogP contribution in [0.15, 0.2) is 35.0 Å². The van der Waals surface area contributed by atoms with Crippen LogP contribution in [0.25, 0.3) is 0 Å². The number of benzene rings is 1. The van der Waals surface area contributed by atoms with Crippen molar-refractivity contribution in [1.29, 1.82) is 0 Å². The summed E-state index contributed by atoms with van der Waals surface area (Å²) >= 11 is 1.74. The number of likely N-dealkylation sites (tertiary alicyclic amines) is 1. The highest BCUT2D eigenvalue weighted by Crippen LogP contribution is 2.42. The third-order valence-electron chi connectivity index (χ3n) is 6.37. The standard InChI is InChI=1S/C23H29N3O3S/c27-22(25-10-8-24(9-11-25)15-18-6-14-30-17-18)16-26-7-2-4-20(26)19-3-1-5-21-23(19)29-13-12-28-21/h1,3,5-6,14,17,20H,2,4,7-13,15-16H2. The molecular weight excluding hydrogens is 398 g/mol. The number of carbonyl (C=O) groups is 1. The number of ether oxygens (including phenoxy) is 2. The molecule has 2 fully saturated rings. The Bertz CT molecular complexity index is 865. The van der Waals surface area contributed by atoms with Crippen molar-refractivity contribution < 1.29 is 14.3 Å². The molecule has 4 heterocycles. The number of rotatable bonds is 5. The minimum absolute atomic E-state index is 0.227. The molecule has 0 saturated carbocycles. The fourth-order valence-electron chi connectivity index (χ4n) is 4.80. The normalized spacial score (nSPS) is 22.4. The van der Waals surface area contributed by atoms with Gasteiger partial charge in [-0.05, 0) is 47.8 Å². The number of hydrogen-bond acceptors (Lipinski definition) is 6.